The van der Waals surface area contributed by atoms with Gasteiger partial charge >= 0.3 is 0 Å². The smallest absolute Gasteiger partial charge is 0.208 e. The van der Waals surface area contributed by atoms with E-state index in [0.29, 0.717) is 6.04 Å². The number of aromatic nitrogens is 2. The van der Waals surface area contributed by atoms with Crippen LogP contribution < -0.4 is 10.0 Å². The molecule has 1 aliphatic rings. The summed E-state index contributed by atoms with van der Waals surface area (Å²) in [6.45, 7) is 4.13. The zero-order valence-corrected chi connectivity index (χ0v) is 8.27. The molecule has 5 nitrogen and oxygen atoms in total. The molecule has 0 radical (unpaired) electrons. The highest BCUT2D eigenvalue weighted by Crippen LogP contribution is 2.26. The number of imidazole rings is 1. The van der Waals surface area contributed by atoms with Crippen LogP contribution >= 0.6 is 11.9 Å². The number of hydrogen-bond donors (Lipinski definition) is 3. The van der Waals surface area contributed by atoms with Gasteiger partial charge in [0.2, 0.25) is 5.96 Å². The molecule has 1 aromatic rings. The Labute approximate surface area is 80.6 Å². The average Bonchev–Trinajstić information content (AvgIpc) is 2.49. The van der Waals surface area contributed by atoms with Gasteiger partial charge in [-0.2, -0.15) is 4.99 Å². The van der Waals surface area contributed by atoms with Gasteiger partial charge in [0.15, 0.2) is 10.8 Å². The van der Waals surface area contributed by atoms with Crippen LogP contribution in [0.4, 0.5) is 5.82 Å². The van der Waals surface area contributed by atoms with E-state index in [1.54, 1.807) is 6.33 Å². The Balaban J connectivity index is 2.17. The summed E-state index contributed by atoms with van der Waals surface area (Å²) < 4.78 is 3.07. The molecule has 0 saturated heterocycles. The number of fused-ring (bicyclic) bond motifs is 1. The van der Waals surface area contributed by atoms with Gasteiger partial charge in [-0.15, -0.1) is 0 Å². The monoisotopic (exact) mass is 197 g/mol. The van der Waals surface area contributed by atoms with Crippen LogP contribution in [0.15, 0.2) is 16.3 Å². The van der Waals surface area contributed by atoms with Crippen LogP contribution in [-0.2, 0) is 0 Å². The molecule has 13 heavy (non-hydrogen) atoms. The molecule has 6 heteroatoms. The number of aliphatic imine (C=N–C) groups is 1. The minimum absolute atomic E-state index is 0.372. The molecule has 0 unspecified atom stereocenters. The first-order chi connectivity index (χ1) is 6.25. The zero-order chi connectivity index (χ0) is 9.26. The van der Waals surface area contributed by atoms with Gasteiger partial charge in [-0.05, 0) is 13.8 Å². The topological polar surface area (TPSA) is 65.1 Å². The van der Waals surface area contributed by atoms with Crippen molar-refractivity contribution in [1.82, 2.24) is 20.0 Å². The molecule has 3 N–H and O–H groups in total. The van der Waals surface area contributed by atoms with Gasteiger partial charge in [-0.25, -0.2) is 4.98 Å². The molecule has 0 fully saturated rings. The van der Waals surface area contributed by atoms with Crippen molar-refractivity contribution in [2.24, 2.45) is 4.99 Å². The van der Waals surface area contributed by atoms with Gasteiger partial charge in [-0.1, -0.05) is 0 Å². The standard InChI is InChI=1S/C7H11N5S/c1-4(2)10-7-11-5-6(13-12-7)9-3-8-5/h3-4H,1-2H3,(H,8,9)(H2,10,11,12). The van der Waals surface area contributed by atoms with Crippen LogP contribution in [0.3, 0.4) is 0 Å². The number of hydrogen-bond acceptors (Lipinski definition) is 5. The first-order valence-electron chi connectivity index (χ1n) is 4.07. The Morgan fingerprint density at radius 2 is 2.38 bits per heavy atom. The van der Waals surface area contributed by atoms with Gasteiger partial charge in [0, 0.05) is 18.0 Å². The third-order valence-electron chi connectivity index (χ3n) is 1.48. The van der Waals surface area contributed by atoms with Gasteiger partial charge in [-0.3, -0.25) is 4.72 Å². The predicted molar refractivity (Wildman–Crippen MR) is 52.9 cm³/mol. The van der Waals surface area contributed by atoms with E-state index in [-0.39, 0.29) is 0 Å². The number of nitrogens with zero attached hydrogens (tertiary/aromatic N) is 2. The van der Waals surface area contributed by atoms with Crippen molar-refractivity contribution >= 4 is 23.7 Å². The summed E-state index contributed by atoms with van der Waals surface area (Å²) >= 11 is 1.46. The minimum Gasteiger partial charge on any atom is -0.353 e. The fourth-order valence-electron chi connectivity index (χ4n) is 0.996. The maximum absolute atomic E-state index is 4.30. The summed E-state index contributed by atoms with van der Waals surface area (Å²) in [5, 5.41) is 4.07. The van der Waals surface area contributed by atoms with Crippen molar-refractivity contribution in [1.29, 1.82) is 0 Å². The molecule has 0 saturated carbocycles. The van der Waals surface area contributed by atoms with E-state index < -0.39 is 0 Å². The van der Waals surface area contributed by atoms with E-state index in [0.717, 1.165) is 16.8 Å². The quantitative estimate of drug-likeness (QED) is 0.588. The molecule has 1 aromatic heterocycles. The lowest BCUT2D eigenvalue weighted by atomic mass is 10.4. The Morgan fingerprint density at radius 1 is 1.54 bits per heavy atom. The summed E-state index contributed by atoms with van der Waals surface area (Å²) in [5.41, 5.74) is 0. The lowest BCUT2D eigenvalue weighted by Gasteiger charge is -2.16. The lowest BCUT2D eigenvalue weighted by Crippen LogP contribution is -2.38. The summed E-state index contributed by atoms with van der Waals surface area (Å²) in [4.78, 5) is 11.3. The first kappa shape index (κ1) is 8.43. The first-order valence-corrected chi connectivity index (χ1v) is 4.89. The zero-order valence-electron chi connectivity index (χ0n) is 7.46. The molecule has 0 aromatic carbocycles. The molecular weight excluding hydrogens is 186 g/mol. The van der Waals surface area contributed by atoms with Crippen molar-refractivity contribution in [3.63, 3.8) is 0 Å². The lowest BCUT2D eigenvalue weighted by molar-refractivity contribution is 0.723. The number of nitrogens with one attached hydrogen (secondary N) is 3. The molecular formula is C7H11N5S. The molecule has 2 heterocycles. The molecule has 2 rings (SSSR count). The summed E-state index contributed by atoms with van der Waals surface area (Å²) in [6.07, 6.45) is 1.64. The molecule has 1 aliphatic heterocycles. The number of aromatic amines is 1. The summed E-state index contributed by atoms with van der Waals surface area (Å²) in [6, 6.07) is 0.372. The second-order valence-corrected chi connectivity index (χ2v) is 3.81. The van der Waals surface area contributed by atoms with Gasteiger partial charge < -0.3 is 10.3 Å². The largest absolute Gasteiger partial charge is 0.353 e. The molecule has 0 atom stereocenters. The maximum Gasteiger partial charge on any atom is 0.208 e. The molecule has 0 aliphatic carbocycles. The third kappa shape index (κ3) is 1.77. The number of guanidine groups is 1. The highest BCUT2D eigenvalue weighted by molar-refractivity contribution is 7.98. The van der Waals surface area contributed by atoms with Crippen LogP contribution in [0.2, 0.25) is 0 Å². The average molecular weight is 197 g/mol. The Bertz CT molecular complexity index is 329. The van der Waals surface area contributed by atoms with E-state index in [9.17, 15) is 0 Å². The summed E-state index contributed by atoms with van der Waals surface area (Å²) in [5.74, 6) is 1.59. The second-order valence-electron chi connectivity index (χ2n) is 3.02. The highest BCUT2D eigenvalue weighted by atomic mass is 32.2. The van der Waals surface area contributed by atoms with E-state index in [2.05, 4.69) is 38.8 Å². The van der Waals surface area contributed by atoms with E-state index in [4.69, 9.17) is 0 Å². The van der Waals surface area contributed by atoms with E-state index in [1.165, 1.54) is 11.9 Å². The van der Waals surface area contributed by atoms with Crippen LogP contribution in [0.25, 0.3) is 0 Å². The van der Waals surface area contributed by atoms with Crippen molar-refractivity contribution in [3.05, 3.63) is 6.33 Å². The molecule has 0 amide bonds. The second kappa shape index (κ2) is 3.29. The molecule has 0 bridgehead atoms. The van der Waals surface area contributed by atoms with Crippen molar-refractivity contribution in [2.45, 2.75) is 24.9 Å². The number of rotatable bonds is 1. The summed E-state index contributed by atoms with van der Waals surface area (Å²) in [7, 11) is 0. The highest BCUT2D eigenvalue weighted by Gasteiger charge is 2.14. The van der Waals surface area contributed by atoms with E-state index >= 15 is 0 Å². The van der Waals surface area contributed by atoms with Gasteiger partial charge in [0.25, 0.3) is 0 Å². The Kier molecular flexibility index (Phi) is 2.13. The van der Waals surface area contributed by atoms with Crippen LogP contribution in [0.1, 0.15) is 13.8 Å². The maximum atomic E-state index is 4.30. The van der Waals surface area contributed by atoms with E-state index in [1.807, 2.05) is 0 Å². The van der Waals surface area contributed by atoms with Gasteiger partial charge in [0.1, 0.15) is 0 Å². The fraction of sp³-hybridized carbons (Fsp3) is 0.429. The number of H-pyrrole nitrogens is 1. The Morgan fingerprint density at radius 3 is 3.15 bits per heavy atom. The Hall–Kier alpha value is -1.17. The van der Waals surface area contributed by atoms with Gasteiger partial charge in [0.05, 0.1) is 6.33 Å². The fourth-order valence-corrected chi connectivity index (χ4v) is 1.60. The molecule has 70 valence electrons. The SMILES string of the molecule is CC(C)NC1=Nc2[nH]cnc2SN1. The minimum atomic E-state index is 0.372. The van der Waals surface area contributed by atoms with Crippen LogP contribution in [0.5, 0.6) is 0 Å². The van der Waals surface area contributed by atoms with Crippen molar-refractivity contribution in [2.75, 3.05) is 0 Å². The normalized spacial score (nSPS) is 14.8. The van der Waals surface area contributed by atoms with Crippen molar-refractivity contribution < 1.29 is 0 Å². The van der Waals surface area contributed by atoms with Crippen LogP contribution in [0, 0.1) is 0 Å². The van der Waals surface area contributed by atoms with Crippen molar-refractivity contribution in [3.8, 4) is 0 Å². The molecule has 0 spiro atoms. The van der Waals surface area contributed by atoms with Crippen LogP contribution in [-0.4, -0.2) is 22.0 Å². The predicted octanol–water partition coefficient (Wildman–Crippen LogP) is 1.01. The third-order valence-corrected chi connectivity index (χ3v) is 2.27.